The highest BCUT2D eigenvalue weighted by molar-refractivity contribution is 6.03. The van der Waals surface area contributed by atoms with Gasteiger partial charge in [0.15, 0.2) is 0 Å². The van der Waals surface area contributed by atoms with Crippen LogP contribution in [-0.4, -0.2) is 53.7 Å². The number of ether oxygens (including phenoxy) is 1. The van der Waals surface area contributed by atoms with Gasteiger partial charge in [-0.25, -0.2) is 4.79 Å². The third-order valence-electron chi connectivity index (χ3n) is 2.47. The first kappa shape index (κ1) is 14.1. The van der Waals surface area contributed by atoms with Gasteiger partial charge in [-0.1, -0.05) is 0 Å². The van der Waals surface area contributed by atoms with E-state index in [-0.39, 0.29) is 11.3 Å². The van der Waals surface area contributed by atoms with Crippen LogP contribution in [0.25, 0.3) is 0 Å². The fourth-order valence-electron chi connectivity index (χ4n) is 1.50. The number of nitrogens with zero attached hydrogens (tertiary/aromatic N) is 2. The summed E-state index contributed by atoms with van der Waals surface area (Å²) in [6.45, 7) is 3.09. The van der Waals surface area contributed by atoms with Gasteiger partial charge in [0, 0.05) is 26.4 Å². The van der Waals surface area contributed by atoms with Crippen LogP contribution in [0.2, 0.25) is 0 Å². The summed E-state index contributed by atoms with van der Waals surface area (Å²) in [4.78, 5) is 28.5. The first-order valence-electron chi connectivity index (χ1n) is 5.58. The summed E-state index contributed by atoms with van der Waals surface area (Å²) >= 11 is 0. The highest BCUT2D eigenvalue weighted by atomic mass is 16.5. The number of carbonyl (C=O) groups excluding carboxylic acids is 1. The van der Waals surface area contributed by atoms with Crippen molar-refractivity contribution in [3.63, 3.8) is 0 Å². The van der Waals surface area contributed by atoms with Crippen LogP contribution in [-0.2, 0) is 4.74 Å². The zero-order valence-electron chi connectivity index (χ0n) is 10.4. The summed E-state index contributed by atoms with van der Waals surface area (Å²) in [7, 11) is 1.54. The van der Waals surface area contributed by atoms with Crippen LogP contribution in [0, 0.1) is 0 Å². The summed E-state index contributed by atoms with van der Waals surface area (Å²) in [6.07, 6.45) is 1.41. The zero-order chi connectivity index (χ0) is 13.5. The maximum atomic E-state index is 12.2. The maximum absolute atomic E-state index is 12.2. The van der Waals surface area contributed by atoms with E-state index in [9.17, 15) is 9.59 Å². The number of carboxylic acids is 1. The van der Waals surface area contributed by atoms with Crippen LogP contribution in [0.15, 0.2) is 18.3 Å². The third kappa shape index (κ3) is 3.27. The quantitative estimate of drug-likeness (QED) is 0.813. The van der Waals surface area contributed by atoms with Crippen molar-refractivity contribution >= 4 is 11.9 Å². The van der Waals surface area contributed by atoms with E-state index in [2.05, 4.69) is 4.98 Å². The number of aromatic nitrogens is 1. The second kappa shape index (κ2) is 6.70. The van der Waals surface area contributed by atoms with Crippen LogP contribution >= 0.6 is 0 Å². The highest BCUT2D eigenvalue weighted by Gasteiger charge is 2.21. The lowest BCUT2D eigenvalue weighted by Gasteiger charge is -2.20. The van der Waals surface area contributed by atoms with Crippen LogP contribution in [0.4, 0.5) is 0 Å². The van der Waals surface area contributed by atoms with Crippen LogP contribution in [0.1, 0.15) is 27.8 Å². The fourth-order valence-corrected chi connectivity index (χ4v) is 1.50. The Morgan fingerprint density at radius 1 is 1.50 bits per heavy atom. The van der Waals surface area contributed by atoms with Crippen LogP contribution < -0.4 is 0 Å². The Labute approximate surface area is 105 Å². The van der Waals surface area contributed by atoms with Crippen molar-refractivity contribution < 1.29 is 19.4 Å². The molecule has 0 spiro atoms. The van der Waals surface area contributed by atoms with Gasteiger partial charge in [-0.2, -0.15) is 0 Å². The Bertz CT molecular complexity index is 434. The molecule has 0 bridgehead atoms. The minimum absolute atomic E-state index is 0.0389. The normalized spacial score (nSPS) is 10.1. The van der Waals surface area contributed by atoms with Gasteiger partial charge in [0.25, 0.3) is 5.91 Å². The number of amides is 1. The second-order valence-corrected chi connectivity index (χ2v) is 3.58. The molecule has 0 aliphatic carbocycles. The molecule has 0 atom stereocenters. The van der Waals surface area contributed by atoms with Crippen LogP contribution in [0.5, 0.6) is 0 Å². The van der Waals surface area contributed by atoms with Crippen molar-refractivity contribution in [1.29, 1.82) is 0 Å². The Morgan fingerprint density at radius 3 is 2.78 bits per heavy atom. The van der Waals surface area contributed by atoms with Gasteiger partial charge in [-0.05, 0) is 19.1 Å². The fraction of sp³-hybridized carbons (Fsp3) is 0.417. The molecule has 18 heavy (non-hydrogen) atoms. The van der Waals surface area contributed by atoms with Gasteiger partial charge in [-0.15, -0.1) is 0 Å². The number of hydrogen-bond donors (Lipinski definition) is 1. The predicted molar refractivity (Wildman–Crippen MR) is 64.6 cm³/mol. The molecule has 0 saturated carbocycles. The van der Waals surface area contributed by atoms with Gasteiger partial charge < -0.3 is 14.7 Å². The Kier molecular flexibility index (Phi) is 5.26. The molecule has 6 nitrogen and oxygen atoms in total. The number of rotatable bonds is 6. The standard InChI is InChI=1S/C12H16N2O4/c1-3-14(7-8-18-2)11(15)10-9(12(16)17)5-4-6-13-10/h4-6H,3,7-8H2,1-2H3,(H,16,17). The Hall–Kier alpha value is -1.95. The van der Waals surface area contributed by atoms with E-state index in [1.165, 1.54) is 23.2 Å². The zero-order valence-corrected chi connectivity index (χ0v) is 10.4. The lowest BCUT2D eigenvalue weighted by molar-refractivity contribution is 0.0656. The summed E-state index contributed by atoms with van der Waals surface area (Å²) in [5, 5.41) is 9.01. The highest BCUT2D eigenvalue weighted by Crippen LogP contribution is 2.09. The number of likely N-dealkylation sites (N-methyl/N-ethyl adjacent to an activating group) is 1. The average molecular weight is 252 g/mol. The van der Waals surface area contributed by atoms with Crippen molar-refractivity contribution in [1.82, 2.24) is 9.88 Å². The molecule has 6 heteroatoms. The molecule has 1 amide bonds. The minimum Gasteiger partial charge on any atom is -0.478 e. The molecule has 0 unspecified atom stereocenters. The molecule has 0 aliphatic rings. The van der Waals surface area contributed by atoms with Gasteiger partial charge >= 0.3 is 5.97 Å². The van der Waals surface area contributed by atoms with E-state index in [4.69, 9.17) is 9.84 Å². The molecule has 0 saturated heterocycles. The third-order valence-corrected chi connectivity index (χ3v) is 2.47. The molecule has 0 aliphatic heterocycles. The molecule has 0 fully saturated rings. The molecule has 1 aromatic rings. The Morgan fingerprint density at radius 2 is 2.22 bits per heavy atom. The van der Waals surface area contributed by atoms with Crippen molar-refractivity contribution in [3.05, 3.63) is 29.6 Å². The lowest BCUT2D eigenvalue weighted by Crippen LogP contribution is -2.35. The minimum atomic E-state index is -1.16. The molecule has 98 valence electrons. The van der Waals surface area contributed by atoms with Crippen molar-refractivity contribution in [2.75, 3.05) is 26.8 Å². The summed E-state index contributed by atoms with van der Waals surface area (Å²) in [5.74, 6) is -1.55. The molecule has 0 aromatic carbocycles. The van der Waals surface area contributed by atoms with Crippen molar-refractivity contribution in [2.45, 2.75) is 6.92 Å². The molecule has 1 heterocycles. The largest absolute Gasteiger partial charge is 0.478 e. The number of pyridine rings is 1. The summed E-state index contributed by atoms with van der Waals surface area (Å²) in [5.41, 5.74) is -0.124. The van der Waals surface area contributed by atoms with Gasteiger partial charge in [0.1, 0.15) is 5.69 Å². The van der Waals surface area contributed by atoms with Gasteiger partial charge in [0.2, 0.25) is 0 Å². The van der Waals surface area contributed by atoms with E-state index < -0.39 is 11.9 Å². The molecule has 1 aromatic heterocycles. The number of methoxy groups -OCH3 is 1. The molecular weight excluding hydrogens is 236 g/mol. The monoisotopic (exact) mass is 252 g/mol. The van der Waals surface area contributed by atoms with Gasteiger partial charge in [-0.3, -0.25) is 9.78 Å². The first-order chi connectivity index (χ1) is 8.61. The molecule has 1 rings (SSSR count). The SMILES string of the molecule is CCN(CCOC)C(=O)c1ncccc1C(=O)O. The summed E-state index contributed by atoms with van der Waals surface area (Å²) < 4.78 is 4.91. The molecular formula is C12H16N2O4. The van der Waals surface area contributed by atoms with Crippen LogP contribution in [0.3, 0.4) is 0 Å². The number of hydrogen-bond acceptors (Lipinski definition) is 4. The van der Waals surface area contributed by atoms with E-state index in [1.54, 1.807) is 7.11 Å². The average Bonchev–Trinajstić information content (AvgIpc) is 2.39. The van der Waals surface area contributed by atoms with Gasteiger partial charge in [0.05, 0.1) is 12.2 Å². The van der Waals surface area contributed by atoms with Crippen molar-refractivity contribution in [2.24, 2.45) is 0 Å². The Balaban J connectivity index is 2.98. The second-order valence-electron chi connectivity index (χ2n) is 3.58. The topological polar surface area (TPSA) is 79.7 Å². The summed E-state index contributed by atoms with van der Waals surface area (Å²) in [6, 6.07) is 2.86. The number of carbonyl (C=O) groups is 2. The molecule has 1 N–H and O–H groups in total. The van der Waals surface area contributed by atoms with E-state index in [1.807, 2.05) is 6.92 Å². The number of carboxylic acid groups (broad SMARTS) is 1. The lowest BCUT2D eigenvalue weighted by atomic mass is 10.1. The van der Waals surface area contributed by atoms with E-state index in [0.29, 0.717) is 19.7 Å². The first-order valence-corrected chi connectivity index (χ1v) is 5.58. The van der Waals surface area contributed by atoms with E-state index in [0.717, 1.165) is 0 Å². The predicted octanol–water partition coefficient (Wildman–Crippen LogP) is 0.888. The maximum Gasteiger partial charge on any atom is 0.338 e. The van der Waals surface area contributed by atoms with E-state index >= 15 is 0 Å². The number of aromatic carboxylic acids is 1. The molecule has 0 radical (unpaired) electrons. The smallest absolute Gasteiger partial charge is 0.338 e. The van der Waals surface area contributed by atoms with Crippen molar-refractivity contribution in [3.8, 4) is 0 Å².